The van der Waals surface area contributed by atoms with Gasteiger partial charge in [0.15, 0.2) is 5.82 Å². The lowest BCUT2D eigenvalue weighted by atomic mass is 9.86. The highest BCUT2D eigenvalue weighted by Crippen LogP contribution is 2.30. The Labute approximate surface area is 278 Å². The number of amides is 2. The number of carboxylic acid groups (broad SMARTS) is 2. The number of carbonyl (C=O) groups is 4. The topological polar surface area (TPSA) is 159 Å². The van der Waals surface area contributed by atoms with Crippen molar-refractivity contribution in [2.24, 2.45) is 0 Å². The summed E-state index contributed by atoms with van der Waals surface area (Å²) in [7, 11) is 0. The standard InChI is InChI=1S/C36H40N4O6S/c1-35(2,3)25-13-11-22(12-14-25)24-19-37-31(38-20-24)23-9-7-21(8-10-23)17-26(32(43)40-27(34(45)46)18-30(41)42)39-33(44)28-15-16-29(47-28)36(4,5)6/h7-16,19-20,26-27H,17-18H2,1-6H3,(H,39,44)(H,40,43)(H,41,42)(H,45,46)/t26-,27-/m0/s1. The monoisotopic (exact) mass is 656 g/mol. The highest BCUT2D eigenvalue weighted by Gasteiger charge is 2.29. The van der Waals surface area contributed by atoms with Gasteiger partial charge in [0.1, 0.15) is 12.1 Å². The van der Waals surface area contributed by atoms with Crippen molar-refractivity contribution in [3.63, 3.8) is 0 Å². The van der Waals surface area contributed by atoms with Crippen molar-refractivity contribution in [1.29, 1.82) is 0 Å². The van der Waals surface area contributed by atoms with Crippen LogP contribution in [0.1, 0.15) is 73.6 Å². The minimum Gasteiger partial charge on any atom is -0.481 e. The number of nitrogens with zero attached hydrogens (tertiary/aromatic N) is 2. The predicted molar refractivity (Wildman–Crippen MR) is 181 cm³/mol. The van der Waals surface area contributed by atoms with Gasteiger partial charge in [0.2, 0.25) is 5.91 Å². The van der Waals surface area contributed by atoms with Crippen LogP contribution in [-0.4, -0.2) is 56.0 Å². The summed E-state index contributed by atoms with van der Waals surface area (Å²) in [6.45, 7) is 12.6. The maximum Gasteiger partial charge on any atom is 0.326 e. The maximum atomic E-state index is 13.3. The first-order valence-corrected chi connectivity index (χ1v) is 16.0. The minimum atomic E-state index is -1.66. The fourth-order valence-electron chi connectivity index (χ4n) is 4.76. The normalized spacial score (nSPS) is 13.0. The van der Waals surface area contributed by atoms with Gasteiger partial charge in [-0.25, -0.2) is 14.8 Å². The predicted octanol–water partition coefficient (Wildman–Crippen LogP) is 5.85. The number of hydrogen-bond donors (Lipinski definition) is 4. The lowest BCUT2D eigenvalue weighted by Gasteiger charge is -2.21. The zero-order valence-corrected chi connectivity index (χ0v) is 28.1. The van der Waals surface area contributed by atoms with E-state index in [0.717, 1.165) is 21.6 Å². The fourth-order valence-corrected chi connectivity index (χ4v) is 5.73. The summed E-state index contributed by atoms with van der Waals surface area (Å²) in [5.74, 6) is -3.65. The molecule has 2 heterocycles. The number of benzene rings is 2. The van der Waals surface area contributed by atoms with Crippen molar-refractivity contribution in [2.45, 2.75) is 77.3 Å². The number of aromatic nitrogens is 2. The second-order valence-electron chi connectivity index (χ2n) is 13.5. The third-order valence-corrected chi connectivity index (χ3v) is 9.08. The van der Waals surface area contributed by atoms with Crippen LogP contribution < -0.4 is 10.6 Å². The fraction of sp³-hybridized carbons (Fsp3) is 0.333. The molecular formula is C36H40N4O6S. The van der Waals surface area contributed by atoms with E-state index in [-0.39, 0.29) is 17.3 Å². The average Bonchev–Trinajstić information content (AvgIpc) is 3.52. The van der Waals surface area contributed by atoms with E-state index in [2.05, 4.69) is 65.6 Å². The van der Waals surface area contributed by atoms with Crippen LogP contribution >= 0.6 is 11.3 Å². The molecule has 0 radical (unpaired) electrons. The second-order valence-corrected chi connectivity index (χ2v) is 14.5. The molecule has 4 aromatic rings. The highest BCUT2D eigenvalue weighted by atomic mass is 32.1. The van der Waals surface area contributed by atoms with Crippen molar-refractivity contribution in [3.05, 3.63) is 93.9 Å². The lowest BCUT2D eigenvalue weighted by Crippen LogP contribution is -2.52. The molecule has 2 atom stereocenters. The zero-order chi connectivity index (χ0) is 34.5. The Bertz CT molecular complexity index is 1730. The Morgan fingerprint density at radius 2 is 1.32 bits per heavy atom. The number of carboxylic acids is 2. The molecule has 2 amide bonds. The van der Waals surface area contributed by atoms with Gasteiger partial charge in [-0.1, -0.05) is 90.1 Å². The van der Waals surface area contributed by atoms with Crippen LogP contribution in [0.4, 0.5) is 0 Å². The van der Waals surface area contributed by atoms with Gasteiger partial charge >= 0.3 is 11.9 Å². The van der Waals surface area contributed by atoms with E-state index in [4.69, 9.17) is 5.11 Å². The Hall–Kier alpha value is -4.90. The van der Waals surface area contributed by atoms with Gasteiger partial charge in [-0.2, -0.15) is 0 Å². The van der Waals surface area contributed by atoms with Gasteiger partial charge in [-0.15, -0.1) is 11.3 Å². The molecule has 0 unspecified atom stereocenters. The quantitative estimate of drug-likeness (QED) is 0.156. The number of hydrogen-bond acceptors (Lipinski definition) is 7. The van der Waals surface area contributed by atoms with Crippen LogP contribution in [0.2, 0.25) is 0 Å². The molecule has 11 heteroatoms. The van der Waals surface area contributed by atoms with Crippen molar-refractivity contribution in [2.75, 3.05) is 0 Å². The molecule has 0 aliphatic carbocycles. The third-order valence-electron chi connectivity index (χ3n) is 7.57. The Kier molecular flexibility index (Phi) is 10.6. The van der Waals surface area contributed by atoms with Crippen LogP contribution in [0.25, 0.3) is 22.5 Å². The van der Waals surface area contributed by atoms with E-state index in [0.29, 0.717) is 16.3 Å². The molecule has 0 bridgehead atoms. The largest absolute Gasteiger partial charge is 0.481 e. The van der Waals surface area contributed by atoms with E-state index in [1.807, 2.05) is 26.8 Å². The summed E-state index contributed by atoms with van der Waals surface area (Å²) in [5.41, 5.74) is 4.44. The first kappa shape index (κ1) is 35.0. The molecule has 4 rings (SSSR count). The van der Waals surface area contributed by atoms with Crippen molar-refractivity contribution >= 4 is 35.1 Å². The Morgan fingerprint density at radius 3 is 1.83 bits per heavy atom. The van der Waals surface area contributed by atoms with E-state index in [9.17, 15) is 24.3 Å². The minimum absolute atomic E-state index is 0.0269. The summed E-state index contributed by atoms with van der Waals surface area (Å²) in [5, 5.41) is 23.6. The molecule has 0 aliphatic rings. The Morgan fingerprint density at radius 1 is 0.723 bits per heavy atom. The van der Waals surface area contributed by atoms with Crippen molar-refractivity contribution in [1.82, 2.24) is 20.6 Å². The van der Waals surface area contributed by atoms with E-state index < -0.39 is 42.3 Å². The molecule has 0 saturated carbocycles. The van der Waals surface area contributed by atoms with E-state index >= 15 is 0 Å². The third kappa shape index (κ3) is 9.32. The number of carbonyl (C=O) groups excluding carboxylic acids is 2. The number of aliphatic carboxylic acids is 2. The lowest BCUT2D eigenvalue weighted by molar-refractivity contribution is -0.147. The molecular weight excluding hydrogens is 616 g/mol. The molecule has 4 N–H and O–H groups in total. The van der Waals surface area contributed by atoms with Crippen molar-refractivity contribution < 1.29 is 29.4 Å². The molecule has 2 aromatic carbocycles. The van der Waals surface area contributed by atoms with Crippen LogP contribution in [0.5, 0.6) is 0 Å². The first-order chi connectivity index (χ1) is 22.0. The van der Waals surface area contributed by atoms with Crippen molar-refractivity contribution in [3.8, 4) is 22.5 Å². The molecule has 47 heavy (non-hydrogen) atoms. The molecule has 0 aliphatic heterocycles. The number of thiophene rings is 1. The number of rotatable bonds is 11. The van der Waals surface area contributed by atoms with Gasteiger partial charge in [-0.3, -0.25) is 14.4 Å². The molecule has 0 spiro atoms. The first-order valence-electron chi connectivity index (χ1n) is 15.2. The molecule has 0 saturated heterocycles. The summed E-state index contributed by atoms with van der Waals surface area (Å²) < 4.78 is 0. The van der Waals surface area contributed by atoms with Gasteiger partial charge in [0.25, 0.3) is 5.91 Å². The SMILES string of the molecule is CC(C)(C)c1ccc(-c2cnc(-c3ccc(C[C@H](NC(=O)c4ccc(C(C)(C)C)s4)C(=O)N[C@@H](CC(=O)O)C(=O)O)cc3)nc2)cc1. The van der Waals surface area contributed by atoms with E-state index in [1.165, 1.54) is 16.9 Å². The number of nitrogens with one attached hydrogen (secondary N) is 2. The van der Waals surface area contributed by atoms with E-state index in [1.54, 1.807) is 42.7 Å². The summed E-state index contributed by atoms with van der Waals surface area (Å²) >= 11 is 1.31. The summed E-state index contributed by atoms with van der Waals surface area (Å²) in [4.78, 5) is 59.8. The summed E-state index contributed by atoms with van der Waals surface area (Å²) in [6.07, 6.45) is 2.75. The summed E-state index contributed by atoms with van der Waals surface area (Å²) in [6, 6.07) is 16.2. The molecule has 10 nitrogen and oxygen atoms in total. The van der Waals surface area contributed by atoms with Crippen LogP contribution in [-0.2, 0) is 31.6 Å². The van der Waals surface area contributed by atoms with Crippen LogP contribution in [0.15, 0.2) is 73.1 Å². The van der Waals surface area contributed by atoms with Gasteiger partial charge in [0.05, 0.1) is 11.3 Å². The second kappa shape index (κ2) is 14.3. The van der Waals surface area contributed by atoms with Gasteiger partial charge in [-0.05, 0) is 39.7 Å². The maximum absolute atomic E-state index is 13.3. The van der Waals surface area contributed by atoms with Gasteiger partial charge in [0, 0.05) is 34.8 Å². The molecule has 0 fully saturated rings. The smallest absolute Gasteiger partial charge is 0.326 e. The highest BCUT2D eigenvalue weighted by molar-refractivity contribution is 7.14. The Balaban J connectivity index is 1.52. The molecule has 246 valence electrons. The van der Waals surface area contributed by atoms with Crippen LogP contribution in [0, 0.1) is 0 Å². The average molecular weight is 657 g/mol. The van der Waals surface area contributed by atoms with Crippen LogP contribution in [0.3, 0.4) is 0 Å². The van der Waals surface area contributed by atoms with Gasteiger partial charge < -0.3 is 20.8 Å². The zero-order valence-electron chi connectivity index (χ0n) is 27.3. The molecule has 2 aromatic heterocycles.